The maximum Gasteiger partial charge on any atom is 0.173 e. The van der Waals surface area contributed by atoms with Crippen LogP contribution in [0.5, 0.6) is 5.75 Å². The van der Waals surface area contributed by atoms with Gasteiger partial charge in [-0.2, -0.15) is 0 Å². The van der Waals surface area contributed by atoms with Crippen molar-refractivity contribution in [2.75, 3.05) is 12.4 Å². The van der Waals surface area contributed by atoms with Crippen molar-refractivity contribution in [1.82, 2.24) is 0 Å². The standard InChI is InChI=1S/C13H11BrO2/c1-16-12-5-4-9-6-11(13(15)8-14)3-2-10(9)7-12/h2-7H,8H2,1H3. The van der Waals surface area contributed by atoms with Crippen LogP contribution in [0.4, 0.5) is 0 Å². The van der Waals surface area contributed by atoms with Crippen LogP contribution in [-0.2, 0) is 0 Å². The molecule has 0 spiro atoms. The van der Waals surface area contributed by atoms with Gasteiger partial charge in [-0.3, -0.25) is 4.79 Å². The molecule has 2 nitrogen and oxygen atoms in total. The van der Waals surface area contributed by atoms with Crippen LogP contribution in [0.15, 0.2) is 36.4 Å². The van der Waals surface area contributed by atoms with Crippen molar-refractivity contribution < 1.29 is 9.53 Å². The summed E-state index contributed by atoms with van der Waals surface area (Å²) in [6.07, 6.45) is 0. The second-order valence-electron chi connectivity index (χ2n) is 3.48. The number of ketones is 1. The second kappa shape index (κ2) is 4.66. The zero-order valence-electron chi connectivity index (χ0n) is 8.87. The van der Waals surface area contributed by atoms with Gasteiger partial charge in [-0.1, -0.05) is 34.1 Å². The molecule has 0 heterocycles. The van der Waals surface area contributed by atoms with E-state index in [1.165, 1.54) is 0 Å². The highest BCUT2D eigenvalue weighted by molar-refractivity contribution is 9.09. The number of hydrogen-bond donors (Lipinski definition) is 0. The minimum atomic E-state index is 0.0951. The summed E-state index contributed by atoms with van der Waals surface area (Å²) in [6, 6.07) is 11.5. The number of carbonyl (C=O) groups is 1. The van der Waals surface area contributed by atoms with Crippen molar-refractivity contribution in [2.45, 2.75) is 0 Å². The number of fused-ring (bicyclic) bond motifs is 1. The van der Waals surface area contributed by atoms with Crippen LogP contribution in [0.3, 0.4) is 0 Å². The molecule has 0 N–H and O–H groups in total. The highest BCUT2D eigenvalue weighted by atomic mass is 79.9. The third kappa shape index (κ3) is 2.09. The van der Waals surface area contributed by atoms with Crippen LogP contribution in [-0.4, -0.2) is 18.2 Å². The van der Waals surface area contributed by atoms with E-state index in [-0.39, 0.29) is 5.78 Å². The summed E-state index contributed by atoms with van der Waals surface area (Å²) in [6.45, 7) is 0. The molecule has 0 saturated heterocycles. The number of ether oxygens (including phenoxy) is 1. The average molecular weight is 279 g/mol. The Bertz CT molecular complexity index is 534. The largest absolute Gasteiger partial charge is 0.497 e. The summed E-state index contributed by atoms with van der Waals surface area (Å²) < 4.78 is 5.15. The van der Waals surface area contributed by atoms with E-state index in [4.69, 9.17) is 4.74 Å². The molecule has 0 radical (unpaired) electrons. The molecule has 2 aromatic carbocycles. The number of alkyl halides is 1. The fourth-order valence-corrected chi connectivity index (χ4v) is 1.93. The lowest BCUT2D eigenvalue weighted by Crippen LogP contribution is -1.99. The zero-order chi connectivity index (χ0) is 11.5. The van der Waals surface area contributed by atoms with Gasteiger partial charge in [-0.05, 0) is 29.0 Å². The molecule has 2 rings (SSSR count). The Hall–Kier alpha value is -1.35. The summed E-state index contributed by atoms with van der Waals surface area (Å²) >= 11 is 3.17. The van der Waals surface area contributed by atoms with E-state index in [2.05, 4.69) is 15.9 Å². The molecular weight excluding hydrogens is 268 g/mol. The van der Waals surface area contributed by atoms with Crippen molar-refractivity contribution in [3.05, 3.63) is 42.0 Å². The van der Waals surface area contributed by atoms with Crippen LogP contribution in [0.25, 0.3) is 10.8 Å². The number of rotatable bonds is 3. The number of hydrogen-bond acceptors (Lipinski definition) is 2. The van der Waals surface area contributed by atoms with Gasteiger partial charge in [0.25, 0.3) is 0 Å². The summed E-state index contributed by atoms with van der Waals surface area (Å²) in [7, 11) is 1.64. The fourth-order valence-electron chi connectivity index (χ4n) is 1.60. The quantitative estimate of drug-likeness (QED) is 0.635. The first kappa shape index (κ1) is 11.1. The van der Waals surface area contributed by atoms with Gasteiger partial charge < -0.3 is 4.74 Å². The smallest absolute Gasteiger partial charge is 0.173 e. The zero-order valence-corrected chi connectivity index (χ0v) is 10.5. The van der Waals surface area contributed by atoms with Crippen molar-refractivity contribution in [1.29, 1.82) is 0 Å². The van der Waals surface area contributed by atoms with Gasteiger partial charge in [0.05, 0.1) is 12.4 Å². The molecule has 82 valence electrons. The molecule has 0 unspecified atom stereocenters. The Morgan fingerprint density at radius 3 is 2.56 bits per heavy atom. The average Bonchev–Trinajstić information content (AvgIpc) is 2.36. The Labute approximate surface area is 102 Å². The molecular formula is C13H11BrO2. The van der Waals surface area contributed by atoms with E-state index < -0.39 is 0 Å². The molecule has 2 aromatic rings. The van der Waals surface area contributed by atoms with Crippen LogP contribution < -0.4 is 4.74 Å². The Morgan fingerprint density at radius 2 is 1.88 bits per heavy atom. The van der Waals surface area contributed by atoms with E-state index >= 15 is 0 Å². The molecule has 0 amide bonds. The van der Waals surface area contributed by atoms with Crippen molar-refractivity contribution in [3.63, 3.8) is 0 Å². The van der Waals surface area contributed by atoms with Crippen molar-refractivity contribution >= 4 is 32.5 Å². The summed E-state index contributed by atoms with van der Waals surface area (Å²) in [5, 5.41) is 2.48. The van der Waals surface area contributed by atoms with Gasteiger partial charge >= 0.3 is 0 Å². The lowest BCUT2D eigenvalue weighted by Gasteiger charge is -2.04. The van der Waals surface area contributed by atoms with Gasteiger partial charge in [0.15, 0.2) is 5.78 Å². The van der Waals surface area contributed by atoms with E-state index in [0.717, 1.165) is 22.1 Å². The summed E-state index contributed by atoms with van der Waals surface area (Å²) in [5.41, 5.74) is 0.731. The number of methoxy groups -OCH3 is 1. The van der Waals surface area contributed by atoms with Crippen molar-refractivity contribution in [3.8, 4) is 5.75 Å². The molecule has 0 aliphatic carbocycles. The first-order valence-electron chi connectivity index (χ1n) is 4.91. The van der Waals surface area contributed by atoms with Crippen LogP contribution in [0.2, 0.25) is 0 Å². The number of halogens is 1. The van der Waals surface area contributed by atoms with Gasteiger partial charge in [0, 0.05) is 5.56 Å². The van der Waals surface area contributed by atoms with E-state index in [1.807, 2.05) is 36.4 Å². The minimum absolute atomic E-state index is 0.0951. The maximum atomic E-state index is 11.5. The molecule has 0 saturated carbocycles. The van der Waals surface area contributed by atoms with Crippen LogP contribution >= 0.6 is 15.9 Å². The third-order valence-electron chi connectivity index (χ3n) is 2.49. The van der Waals surface area contributed by atoms with E-state index in [1.54, 1.807) is 7.11 Å². The lowest BCUT2D eigenvalue weighted by molar-refractivity contribution is 0.102. The predicted octanol–water partition coefficient (Wildman–Crippen LogP) is 3.43. The Kier molecular flexibility index (Phi) is 3.25. The Balaban J connectivity index is 2.51. The van der Waals surface area contributed by atoms with Crippen LogP contribution in [0.1, 0.15) is 10.4 Å². The SMILES string of the molecule is COc1ccc2cc(C(=O)CBr)ccc2c1. The van der Waals surface area contributed by atoms with E-state index in [0.29, 0.717) is 5.33 Å². The molecule has 0 aliphatic rings. The van der Waals surface area contributed by atoms with E-state index in [9.17, 15) is 4.79 Å². The molecule has 0 bridgehead atoms. The number of carbonyl (C=O) groups excluding carboxylic acids is 1. The number of benzene rings is 2. The monoisotopic (exact) mass is 278 g/mol. The third-order valence-corrected chi connectivity index (χ3v) is 3.00. The second-order valence-corrected chi connectivity index (χ2v) is 4.05. The Morgan fingerprint density at radius 1 is 1.19 bits per heavy atom. The topological polar surface area (TPSA) is 26.3 Å². The van der Waals surface area contributed by atoms with Crippen LogP contribution in [0, 0.1) is 0 Å². The molecule has 0 atom stereocenters. The highest BCUT2D eigenvalue weighted by Crippen LogP contribution is 2.22. The van der Waals surface area contributed by atoms with Gasteiger partial charge in [-0.15, -0.1) is 0 Å². The van der Waals surface area contributed by atoms with Gasteiger partial charge in [0.1, 0.15) is 5.75 Å². The lowest BCUT2D eigenvalue weighted by atomic mass is 10.0. The summed E-state index contributed by atoms with van der Waals surface area (Å²) in [4.78, 5) is 11.5. The minimum Gasteiger partial charge on any atom is -0.497 e. The maximum absolute atomic E-state index is 11.5. The predicted molar refractivity (Wildman–Crippen MR) is 68.6 cm³/mol. The van der Waals surface area contributed by atoms with Gasteiger partial charge in [0.2, 0.25) is 0 Å². The first-order valence-corrected chi connectivity index (χ1v) is 6.03. The first-order chi connectivity index (χ1) is 7.74. The normalized spacial score (nSPS) is 10.4. The number of Topliss-reactive ketones (excluding diaryl/α,β-unsaturated/α-hetero) is 1. The molecule has 0 aliphatic heterocycles. The molecule has 3 heteroatoms. The molecule has 16 heavy (non-hydrogen) atoms. The summed E-state index contributed by atoms with van der Waals surface area (Å²) in [5.74, 6) is 0.921. The fraction of sp³-hybridized carbons (Fsp3) is 0.154. The van der Waals surface area contributed by atoms with Gasteiger partial charge in [-0.25, -0.2) is 0 Å². The highest BCUT2D eigenvalue weighted by Gasteiger charge is 2.04. The molecule has 0 fully saturated rings. The van der Waals surface area contributed by atoms with Crippen molar-refractivity contribution in [2.24, 2.45) is 0 Å². The molecule has 0 aromatic heterocycles.